The number of halogens is 1. The topological polar surface area (TPSA) is 54.1 Å². The monoisotopic (exact) mass is 492 g/mol. The van der Waals surface area contributed by atoms with Crippen LogP contribution in [0.15, 0.2) is 54.6 Å². The summed E-state index contributed by atoms with van der Waals surface area (Å²) in [5.41, 5.74) is 1.76. The molecule has 36 heavy (non-hydrogen) atoms. The summed E-state index contributed by atoms with van der Waals surface area (Å²) in [4.78, 5) is 2.52. The molecular formula is C30H43FN5+. The van der Waals surface area contributed by atoms with E-state index in [4.69, 9.17) is 0 Å². The first-order valence-electron chi connectivity index (χ1n) is 13.4. The zero-order valence-corrected chi connectivity index (χ0v) is 22.4. The summed E-state index contributed by atoms with van der Waals surface area (Å²) in [6.45, 7) is 15.2. The van der Waals surface area contributed by atoms with Crippen LogP contribution >= 0.6 is 0 Å². The smallest absolute Gasteiger partial charge is 0.297 e. The predicted octanol–water partition coefficient (Wildman–Crippen LogP) is 4.74. The summed E-state index contributed by atoms with van der Waals surface area (Å²) >= 11 is 0. The van der Waals surface area contributed by atoms with Gasteiger partial charge in [-0.2, -0.15) is 5.26 Å². The van der Waals surface area contributed by atoms with Crippen molar-refractivity contribution in [3.63, 3.8) is 0 Å². The Bertz CT molecular complexity index is 1000. The van der Waals surface area contributed by atoms with E-state index >= 15 is 0 Å². The van der Waals surface area contributed by atoms with Gasteiger partial charge in [-0.05, 0) is 54.5 Å². The van der Waals surface area contributed by atoms with Gasteiger partial charge in [-0.25, -0.2) is 4.39 Å². The average Bonchev–Trinajstić information content (AvgIpc) is 2.88. The van der Waals surface area contributed by atoms with Gasteiger partial charge in [0.05, 0.1) is 37.7 Å². The van der Waals surface area contributed by atoms with Crippen LogP contribution in [0.25, 0.3) is 0 Å². The molecular weight excluding hydrogens is 449 g/mol. The second-order valence-corrected chi connectivity index (χ2v) is 10.6. The maximum atomic E-state index is 13.3. The van der Waals surface area contributed by atoms with Crippen molar-refractivity contribution in [2.24, 2.45) is 11.8 Å². The van der Waals surface area contributed by atoms with Crippen LogP contribution in [-0.4, -0.2) is 54.7 Å². The Morgan fingerprint density at radius 3 is 2.28 bits per heavy atom. The lowest BCUT2D eigenvalue weighted by Crippen LogP contribution is -2.52. The zero-order chi connectivity index (χ0) is 26.0. The molecule has 0 spiro atoms. The van der Waals surface area contributed by atoms with Gasteiger partial charge >= 0.3 is 5.96 Å². The minimum absolute atomic E-state index is 0.207. The molecule has 6 heteroatoms. The van der Waals surface area contributed by atoms with Crippen molar-refractivity contribution in [3.8, 4) is 6.07 Å². The number of hydrogen-bond acceptors (Lipinski definition) is 2. The summed E-state index contributed by atoms with van der Waals surface area (Å²) in [5, 5.41) is 17.3. The van der Waals surface area contributed by atoms with Gasteiger partial charge in [-0.15, -0.1) is 0 Å². The fourth-order valence-corrected chi connectivity index (χ4v) is 4.90. The van der Waals surface area contributed by atoms with Gasteiger partial charge in [0, 0.05) is 13.1 Å². The molecule has 2 aromatic rings. The van der Waals surface area contributed by atoms with E-state index < -0.39 is 5.41 Å². The van der Waals surface area contributed by atoms with Crippen molar-refractivity contribution in [1.82, 2.24) is 15.5 Å². The number of piperazine rings is 1. The molecule has 1 aliphatic heterocycles. The Kier molecular flexibility index (Phi) is 10.3. The maximum absolute atomic E-state index is 13.3. The van der Waals surface area contributed by atoms with Crippen LogP contribution in [0.5, 0.6) is 0 Å². The van der Waals surface area contributed by atoms with E-state index in [9.17, 15) is 9.65 Å². The van der Waals surface area contributed by atoms with Crippen LogP contribution in [0.4, 0.5) is 4.39 Å². The van der Waals surface area contributed by atoms with Crippen LogP contribution in [0.1, 0.15) is 51.7 Å². The van der Waals surface area contributed by atoms with E-state index in [1.54, 1.807) is 0 Å². The van der Waals surface area contributed by atoms with E-state index in [-0.39, 0.29) is 11.7 Å². The van der Waals surface area contributed by atoms with E-state index in [1.165, 1.54) is 12.1 Å². The molecule has 0 saturated carbocycles. The first kappa shape index (κ1) is 27.7. The molecule has 1 unspecified atom stereocenters. The fourth-order valence-electron chi connectivity index (χ4n) is 4.90. The third kappa shape index (κ3) is 7.54. The molecule has 1 saturated heterocycles. The molecule has 0 aliphatic carbocycles. The highest BCUT2D eigenvalue weighted by Gasteiger charge is 2.35. The van der Waals surface area contributed by atoms with E-state index in [1.807, 2.05) is 30.3 Å². The van der Waals surface area contributed by atoms with Gasteiger partial charge in [0.1, 0.15) is 5.82 Å². The highest BCUT2D eigenvalue weighted by Crippen LogP contribution is 2.36. The summed E-state index contributed by atoms with van der Waals surface area (Å²) in [5.74, 6) is 1.65. The van der Waals surface area contributed by atoms with E-state index in [0.29, 0.717) is 12.5 Å². The standard InChI is InChI=1S/C30H42FN5/c1-24(2)21-33-29(34-22-26-11-13-28(31)14-12-26)36-19-17-35(18-20-36)16-8-15-30(23-32,25(3)4)27-9-6-5-7-10-27/h5-7,9-14,24-25H,8,15-22H2,1-4H3,(H,33,34)/p+1. The van der Waals surface area contributed by atoms with Crippen molar-refractivity contribution in [1.29, 1.82) is 5.26 Å². The molecule has 0 aromatic heterocycles. The van der Waals surface area contributed by atoms with Gasteiger partial charge in [-0.1, -0.05) is 70.2 Å². The number of benzene rings is 2. The Morgan fingerprint density at radius 1 is 1.03 bits per heavy atom. The minimum atomic E-state index is -0.435. The highest BCUT2D eigenvalue weighted by molar-refractivity contribution is 5.74. The molecule has 1 atom stereocenters. The van der Waals surface area contributed by atoms with Crippen molar-refractivity contribution in [2.75, 3.05) is 39.3 Å². The van der Waals surface area contributed by atoms with Crippen molar-refractivity contribution < 1.29 is 8.97 Å². The number of nitriles is 1. The van der Waals surface area contributed by atoms with Gasteiger partial charge < -0.3 is 0 Å². The predicted molar refractivity (Wildman–Crippen MR) is 145 cm³/mol. The van der Waals surface area contributed by atoms with Gasteiger partial charge in [-0.3, -0.25) is 20.1 Å². The normalized spacial score (nSPS) is 16.0. The van der Waals surface area contributed by atoms with E-state index in [2.05, 4.69) is 66.0 Å². The van der Waals surface area contributed by atoms with E-state index in [0.717, 1.165) is 69.2 Å². The van der Waals surface area contributed by atoms with Crippen LogP contribution in [0.2, 0.25) is 0 Å². The molecule has 0 bridgehead atoms. The largest absolute Gasteiger partial charge is 0.346 e. The Morgan fingerprint density at radius 2 is 1.69 bits per heavy atom. The zero-order valence-electron chi connectivity index (χ0n) is 22.4. The second-order valence-electron chi connectivity index (χ2n) is 10.6. The number of guanidine groups is 1. The van der Waals surface area contributed by atoms with Gasteiger partial charge in [0.15, 0.2) is 0 Å². The lowest BCUT2D eigenvalue weighted by atomic mass is 9.70. The molecule has 2 N–H and O–H groups in total. The number of nitrogens with one attached hydrogen (secondary N) is 2. The first-order chi connectivity index (χ1) is 17.3. The molecule has 194 valence electrons. The highest BCUT2D eigenvalue weighted by atomic mass is 19.1. The van der Waals surface area contributed by atoms with Crippen LogP contribution in [0, 0.1) is 29.0 Å². The summed E-state index contributed by atoms with van der Waals surface area (Å²) in [6, 6.07) is 19.6. The Hall–Kier alpha value is -2.91. The van der Waals surface area contributed by atoms with Gasteiger partial charge in [0.2, 0.25) is 0 Å². The summed E-state index contributed by atoms with van der Waals surface area (Å²) < 4.78 is 15.6. The molecule has 1 heterocycles. The van der Waals surface area contributed by atoms with Crippen molar-refractivity contribution in [3.05, 3.63) is 71.5 Å². The second kappa shape index (κ2) is 13.4. The average molecular weight is 493 g/mol. The lowest BCUT2D eigenvalue weighted by Gasteiger charge is -2.33. The van der Waals surface area contributed by atoms with Gasteiger partial charge in [0.25, 0.3) is 0 Å². The molecule has 5 nitrogen and oxygen atoms in total. The number of nitrogens with zero attached hydrogens (tertiary/aromatic N) is 3. The maximum Gasteiger partial charge on any atom is 0.346 e. The third-order valence-electron chi connectivity index (χ3n) is 7.26. The molecule has 0 radical (unpaired) electrons. The molecule has 2 aromatic carbocycles. The van der Waals surface area contributed by atoms with Crippen LogP contribution < -0.4 is 10.6 Å². The molecule has 1 aliphatic rings. The van der Waals surface area contributed by atoms with Crippen LogP contribution in [0.3, 0.4) is 0 Å². The summed E-state index contributed by atoms with van der Waals surface area (Å²) in [7, 11) is 0. The molecule has 0 amide bonds. The quantitative estimate of drug-likeness (QED) is 0.372. The molecule has 1 fully saturated rings. The Labute approximate surface area is 217 Å². The van der Waals surface area contributed by atoms with Crippen molar-refractivity contribution in [2.45, 2.75) is 52.5 Å². The number of hydrogen-bond donors (Lipinski definition) is 2. The van der Waals surface area contributed by atoms with Crippen molar-refractivity contribution >= 4 is 5.96 Å². The Balaban J connectivity index is 1.57. The fraction of sp³-hybridized carbons (Fsp3) is 0.533. The van der Waals surface area contributed by atoms with Crippen LogP contribution in [-0.2, 0) is 12.0 Å². The number of rotatable bonds is 10. The minimum Gasteiger partial charge on any atom is -0.297 e. The summed E-state index contributed by atoms with van der Waals surface area (Å²) in [6.07, 6.45) is 1.88. The molecule has 3 rings (SSSR count). The lowest BCUT2D eigenvalue weighted by molar-refractivity contribution is -0.543. The first-order valence-corrected chi connectivity index (χ1v) is 13.4. The SMILES string of the molecule is CC(C)CNC(NCc1ccc(F)cc1)=[N+]1CCN(CCCC(C#N)(c2ccccc2)C(C)C)CC1. The third-order valence-corrected chi connectivity index (χ3v) is 7.26.